The zero-order valence-corrected chi connectivity index (χ0v) is 21.3. The van der Waals surface area contributed by atoms with E-state index in [1.807, 2.05) is 35.2 Å². The summed E-state index contributed by atoms with van der Waals surface area (Å²) in [6, 6.07) is 26.9. The molecule has 36 heavy (non-hydrogen) atoms. The van der Waals surface area contributed by atoms with Crippen molar-refractivity contribution in [3.63, 3.8) is 0 Å². The van der Waals surface area contributed by atoms with Crippen molar-refractivity contribution in [2.24, 2.45) is 7.05 Å². The molecule has 0 radical (unpaired) electrons. The third kappa shape index (κ3) is 5.31. The summed E-state index contributed by atoms with van der Waals surface area (Å²) in [6.45, 7) is 7.24. The summed E-state index contributed by atoms with van der Waals surface area (Å²) in [5.74, 6) is 0.998. The van der Waals surface area contributed by atoms with Crippen molar-refractivity contribution in [3.05, 3.63) is 102 Å². The first-order valence-electron chi connectivity index (χ1n) is 12.9. The second-order valence-electron chi connectivity index (χ2n) is 9.63. The van der Waals surface area contributed by atoms with Crippen LogP contribution in [0.25, 0.3) is 10.9 Å². The van der Waals surface area contributed by atoms with Crippen LogP contribution < -0.4 is 4.74 Å². The Hall–Kier alpha value is -3.57. The molecule has 2 heterocycles. The fourth-order valence-corrected chi connectivity index (χ4v) is 5.24. The molecule has 3 aromatic carbocycles. The van der Waals surface area contributed by atoms with Crippen LogP contribution in [0.4, 0.5) is 0 Å². The topological polar surface area (TPSA) is 37.7 Å². The highest BCUT2D eigenvalue weighted by Gasteiger charge is 2.27. The first kappa shape index (κ1) is 24.1. The quantitative estimate of drug-likeness (QED) is 0.336. The maximum atomic E-state index is 13.6. The third-order valence-electron chi connectivity index (χ3n) is 7.36. The lowest BCUT2D eigenvalue weighted by atomic mass is 9.87. The molecule has 5 nitrogen and oxygen atoms in total. The number of likely N-dealkylation sites (N-methyl/N-ethyl adjacent to an activating group) is 1. The van der Waals surface area contributed by atoms with Crippen LogP contribution in [0.15, 0.2) is 85.1 Å². The number of carbonyl (C=O) groups is 1. The molecule has 0 saturated carbocycles. The Morgan fingerprint density at radius 2 is 1.67 bits per heavy atom. The minimum absolute atomic E-state index is 0.0481. The van der Waals surface area contributed by atoms with Crippen molar-refractivity contribution in [2.75, 3.05) is 32.7 Å². The first-order valence-corrected chi connectivity index (χ1v) is 12.9. The molecule has 1 aliphatic heterocycles. The van der Waals surface area contributed by atoms with E-state index in [9.17, 15) is 4.79 Å². The van der Waals surface area contributed by atoms with E-state index in [-0.39, 0.29) is 11.8 Å². The number of ether oxygens (including phenoxy) is 1. The zero-order valence-electron chi connectivity index (χ0n) is 21.3. The Bertz CT molecular complexity index is 1310. The highest BCUT2D eigenvalue weighted by atomic mass is 16.5. The molecule has 1 aromatic heterocycles. The Morgan fingerprint density at radius 1 is 0.917 bits per heavy atom. The van der Waals surface area contributed by atoms with Gasteiger partial charge >= 0.3 is 0 Å². The standard InChI is InChI=1S/C31H35N3O2/c1-3-33-16-18-34(19-17-33)31(35)21-28(29-22-32(2)30-15-8-7-14-27(29)30)25-12-9-13-26(20-25)36-23-24-10-5-4-6-11-24/h4-15,20,22,28H,3,16-19,21,23H2,1-2H3/t28-/m1/s1. The van der Waals surface area contributed by atoms with Crippen molar-refractivity contribution >= 4 is 16.8 Å². The van der Waals surface area contributed by atoms with Gasteiger partial charge in [0.15, 0.2) is 0 Å². The highest BCUT2D eigenvalue weighted by molar-refractivity contribution is 5.86. The summed E-state index contributed by atoms with van der Waals surface area (Å²) in [4.78, 5) is 18.0. The predicted molar refractivity (Wildman–Crippen MR) is 145 cm³/mol. The smallest absolute Gasteiger partial charge is 0.223 e. The van der Waals surface area contributed by atoms with E-state index in [0.717, 1.165) is 49.6 Å². The average molecular weight is 482 g/mol. The molecular formula is C31H35N3O2. The van der Waals surface area contributed by atoms with Crippen molar-refractivity contribution < 1.29 is 9.53 Å². The Kier molecular flexibility index (Phi) is 7.38. The number of piperazine rings is 1. The monoisotopic (exact) mass is 481 g/mol. The summed E-state index contributed by atoms with van der Waals surface area (Å²) in [7, 11) is 2.08. The Labute approximate surface area is 213 Å². The van der Waals surface area contributed by atoms with Crippen molar-refractivity contribution in [2.45, 2.75) is 25.9 Å². The molecule has 5 heteroatoms. The summed E-state index contributed by atoms with van der Waals surface area (Å²) < 4.78 is 8.32. The molecule has 1 atom stereocenters. The van der Waals surface area contributed by atoms with Crippen LogP contribution in [0.1, 0.15) is 36.0 Å². The van der Waals surface area contributed by atoms with Gasteiger partial charge in [0.05, 0.1) is 0 Å². The van der Waals surface area contributed by atoms with Gasteiger partial charge < -0.3 is 19.1 Å². The third-order valence-corrected chi connectivity index (χ3v) is 7.36. The SMILES string of the molecule is CCN1CCN(C(=O)C[C@H](c2cccc(OCc3ccccc3)c2)c2cn(C)c3ccccc23)CC1. The number of aryl methyl sites for hydroxylation is 1. The fraction of sp³-hybridized carbons (Fsp3) is 0.323. The van der Waals surface area contributed by atoms with E-state index in [1.54, 1.807) is 0 Å². The summed E-state index contributed by atoms with van der Waals surface area (Å²) in [5, 5.41) is 1.20. The van der Waals surface area contributed by atoms with Crippen molar-refractivity contribution in [3.8, 4) is 5.75 Å². The lowest BCUT2D eigenvalue weighted by Gasteiger charge is -2.35. The lowest BCUT2D eigenvalue weighted by molar-refractivity contribution is -0.133. The zero-order chi connectivity index (χ0) is 24.9. The number of fused-ring (bicyclic) bond motifs is 1. The van der Waals surface area contributed by atoms with Gasteiger partial charge in [0.1, 0.15) is 12.4 Å². The van der Waals surface area contributed by atoms with Gasteiger partial charge in [0.2, 0.25) is 5.91 Å². The van der Waals surface area contributed by atoms with E-state index in [4.69, 9.17) is 4.74 Å². The van der Waals surface area contributed by atoms with Crippen LogP contribution in [0.5, 0.6) is 5.75 Å². The molecule has 4 aromatic rings. The number of hydrogen-bond acceptors (Lipinski definition) is 3. The molecule has 1 fully saturated rings. The molecule has 1 saturated heterocycles. The normalized spacial score (nSPS) is 15.2. The maximum absolute atomic E-state index is 13.6. The van der Waals surface area contributed by atoms with Gasteiger partial charge in [-0.05, 0) is 41.4 Å². The number of nitrogens with zero attached hydrogens (tertiary/aromatic N) is 3. The van der Waals surface area contributed by atoms with Gasteiger partial charge in [0, 0.05) is 62.7 Å². The minimum Gasteiger partial charge on any atom is -0.489 e. The number of para-hydroxylation sites is 1. The molecule has 0 unspecified atom stereocenters. The molecule has 0 N–H and O–H groups in total. The summed E-state index contributed by atoms with van der Waals surface area (Å²) >= 11 is 0. The van der Waals surface area contributed by atoms with Gasteiger partial charge in [-0.25, -0.2) is 0 Å². The molecule has 186 valence electrons. The van der Waals surface area contributed by atoms with Gasteiger partial charge in [-0.3, -0.25) is 4.79 Å². The van der Waals surface area contributed by atoms with E-state index in [0.29, 0.717) is 13.0 Å². The molecule has 0 aliphatic carbocycles. The summed E-state index contributed by atoms with van der Waals surface area (Å²) in [6.07, 6.45) is 2.64. The Morgan fingerprint density at radius 3 is 2.44 bits per heavy atom. The molecule has 1 aliphatic rings. The van der Waals surface area contributed by atoms with Crippen molar-refractivity contribution in [1.29, 1.82) is 0 Å². The number of aromatic nitrogens is 1. The fourth-order valence-electron chi connectivity index (χ4n) is 5.24. The second kappa shape index (κ2) is 11.0. The van der Waals surface area contributed by atoms with Gasteiger partial charge in [-0.2, -0.15) is 0 Å². The number of amides is 1. The maximum Gasteiger partial charge on any atom is 0.223 e. The van der Waals surface area contributed by atoms with E-state index < -0.39 is 0 Å². The van der Waals surface area contributed by atoms with E-state index in [1.165, 1.54) is 16.5 Å². The van der Waals surface area contributed by atoms with Crippen LogP contribution in [-0.2, 0) is 18.4 Å². The average Bonchev–Trinajstić information content (AvgIpc) is 3.27. The number of carbonyl (C=O) groups excluding carboxylic acids is 1. The van der Waals surface area contributed by atoms with E-state index >= 15 is 0 Å². The predicted octanol–water partition coefficient (Wildman–Crippen LogP) is 5.44. The minimum atomic E-state index is -0.0481. The highest BCUT2D eigenvalue weighted by Crippen LogP contribution is 2.36. The van der Waals surface area contributed by atoms with Crippen LogP contribution in [0.2, 0.25) is 0 Å². The molecule has 5 rings (SSSR count). The van der Waals surface area contributed by atoms with Crippen LogP contribution >= 0.6 is 0 Å². The summed E-state index contributed by atoms with van der Waals surface area (Å²) in [5.41, 5.74) is 4.61. The molecule has 1 amide bonds. The Balaban J connectivity index is 1.44. The van der Waals surface area contributed by atoms with Gasteiger partial charge in [-0.1, -0.05) is 67.6 Å². The molecular weight excluding hydrogens is 446 g/mol. The van der Waals surface area contributed by atoms with Crippen molar-refractivity contribution in [1.82, 2.24) is 14.4 Å². The number of rotatable bonds is 8. The second-order valence-corrected chi connectivity index (χ2v) is 9.63. The number of hydrogen-bond donors (Lipinski definition) is 0. The largest absolute Gasteiger partial charge is 0.489 e. The molecule has 0 bridgehead atoms. The van der Waals surface area contributed by atoms with Gasteiger partial charge in [-0.15, -0.1) is 0 Å². The van der Waals surface area contributed by atoms with Gasteiger partial charge in [0.25, 0.3) is 0 Å². The van der Waals surface area contributed by atoms with Crippen LogP contribution in [0.3, 0.4) is 0 Å². The van der Waals surface area contributed by atoms with Crippen LogP contribution in [0, 0.1) is 0 Å². The van der Waals surface area contributed by atoms with E-state index in [2.05, 4.69) is 78.2 Å². The number of benzene rings is 3. The van der Waals surface area contributed by atoms with Crippen LogP contribution in [-0.4, -0.2) is 53.0 Å². The molecule has 0 spiro atoms. The first-order chi connectivity index (χ1) is 17.6. The lowest BCUT2D eigenvalue weighted by Crippen LogP contribution is -2.48.